The fourth-order valence-electron chi connectivity index (χ4n) is 2.83. The first-order valence-corrected chi connectivity index (χ1v) is 7.34. The molecule has 0 unspecified atom stereocenters. The number of benzene rings is 1. The van der Waals surface area contributed by atoms with E-state index in [1.165, 1.54) is 20.3 Å². The molecule has 1 aliphatic rings. The van der Waals surface area contributed by atoms with E-state index in [1.54, 1.807) is 6.07 Å². The molecule has 1 aromatic rings. The number of methoxy groups -OCH3 is 2. The van der Waals surface area contributed by atoms with Crippen LogP contribution >= 0.6 is 0 Å². The highest BCUT2D eigenvalue weighted by Crippen LogP contribution is 2.40. The zero-order chi connectivity index (χ0) is 16.8. The lowest BCUT2D eigenvalue weighted by Crippen LogP contribution is -2.45. The molecule has 8 heteroatoms. The minimum atomic E-state index is -0.441. The molecule has 0 saturated carbocycles. The second kappa shape index (κ2) is 7.76. The first-order valence-electron chi connectivity index (χ1n) is 7.34. The normalized spacial score (nSPS) is 16.4. The van der Waals surface area contributed by atoms with Gasteiger partial charge >= 0.3 is 0 Å². The summed E-state index contributed by atoms with van der Waals surface area (Å²) in [6.45, 7) is 3.06. The summed E-state index contributed by atoms with van der Waals surface area (Å²) in [5, 5.41) is 23.9. The van der Waals surface area contributed by atoms with Crippen LogP contribution in [0.3, 0.4) is 0 Å². The highest BCUT2D eigenvalue weighted by Gasteiger charge is 2.30. The first-order chi connectivity index (χ1) is 11.1. The van der Waals surface area contributed by atoms with Crippen molar-refractivity contribution in [2.45, 2.75) is 12.5 Å². The van der Waals surface area contributed by atoms with Crippen LogP contribution in [0.1, 0.15) is 18.0 Å². The van der Waals surface area contributed by atoms with Crippen LogP contribution in [-0.4, -0.2) is 50.2 Å². The molecule has 2 rings (SSSR count). The van der Waals surface area contributed by atoms with Crippen LogP contribution in [-0.2, 0) is 0 Å². The van der Waals surface area contributed by atoms with Crippen LogP contribution in [0.5, 0.6) is 11.5 Å². The molecule has 0 radical (unpaired) electrons. The van der Waals surface area contributed by atoms with Crippen molar-refractivity contribution in [2.24, 2.45) is 0 Å². The molecule has 124 valence electrons. The number of ether oxygens (including phenoxy) is 2. The van der Waals surface area contributed by atoms with Crippen LogP contribution in [0.25, 0.3) is 0 Å². The molecular formula is C15H20N4O4. The van der Waals surface area contributed by atoms with Crippen molar-refractivity contribution in [2.75, 3.05) is 40.4 Å². The molecule has 1 fully saturated rings. The van der Waals surface area contributed by atoms with E-state index in [1.807, 2.05) is 0 Å². The van der Waals surface area contributed by atoms with Gasteiger partial charge in [0, 0.05) is 26.2 Å². The van der Waals surface area contributed by atoms with E-state index in [0.717, 1.165) is 26.2 Å². The lowest BCUT2D eigenvalue weighted by atomic mass is 9.99. The molecule has 1 aromatic carbocycles. The Morgan fingerprint density at radius 2 is 1.96 bits per heavy atom. The Morgan fingerprint density at radius 1 is 1.35 bits per heavy atom. The van der Waals surface area contributed by atoms with E-state index in [-0.39, 0.29) is 18.2 Å². The lowest BCUT2D eigenvalue weighted by molar-refractivity contribution is -0.386. The van der Waals surface area contributed by atoms with E-state index >= 15 is 0 Å². The molecule has 0 aromatic heterocycles. The summed E-state index contributed by atoms with van der Waals surface area (Å²) < 4.78 is 10.4. The van der Waals surface area contributed by atoms with Gasteiger partial charge in [0.25, 0.3) is 5.69 Å². The van der Waals surface area contributed by atoms with Crippen molar-refractivity contribution in [1.29, 1.82) is 5.26 Å². The molecular weight excluding hydrogens is 300 g/mol. The summed E-state index contributed by atoms with van der Waals surface area (Å²) in [5.41, 5.74) is 0.428. The summed E-state index contributed by atoms with van der Waals surface area (Å²) in [7, 11) is 2.92. The summed E-state index contributed by atoms with van der Waals surface area (Å²) in [4.78, 5) is 13.1. The lowest BCUT2D eigenvalue weighted by Gasteiger charge is -2.34. The van der Waals surface area contributed by atoms with Gasteiger partial charge in [-0.15, -0.1) is 0 Å². The molecule has 0 bridgehead atoms. The number of nitro benzene ring substituents is 1. The maximum absolute atomic E-state index is 11.5. The molecule has 0 amide bonds. The maximum atomic E-state index is 11.5. The minimum Gasteiger partial charge on any atom is -0.493 e. The van der Waals surface area contributed by atoms with Gasteiger partial charge in [0.2, 0.25) is 0 Å². The minimum absolute atomic E-state index is 0.0542. The summed E-state index contributed by atoms with van der Waals surface area (Å²) >= 11 is 0. The maximum Gasteiger partial charge on any atom is 0.278 e. The van der Waals surface area contributed by atoms with Gasteiger partial charge in [0.05, 0.1) is 49.3 Å². The quantitative estimate of drug-likeness (QED) is 0.625. The first kappa shape index (κ1) is 17.0. The van der Waals surface area contributed by atoms with Gasteiger partial charge in [-0.25, -0.2) is 0 Å². The van der Waals surface area contributed by atoms with Gasteiger partial charge in [0.1, 0.15) is 0 Å². The molecule has 1 aliphatic heterocycles. The smallest absolute Gasteiger partial charge is 0.278 e. The van der Waals surface area contributed by atoms with Crippen LogP contribution in [0.15, 0.2) is 12.1 Å². The topological polar surface area (TPSA) is 101 Å². The fraction of sp³-hybridized carbons (Fsp3) is 0.533. The Bertz CT molecular complexity index is 608. The Kier molecular flexibility index (Phi) is 5.73. The van der Waals surface area contributed by atoms with E-state index in [9.17, 15) is 10.1 Å². The Balaban J connectivity index is 2.51. The average molecular weight is 320 g/mol. The zero-order valence-electron chi connectivity index (χ0n) is 13.2. The third-order valence-corrected chi connectivity index (χ3v) is 3.97. The molecule has 1 atom stereocenters. The second-order valence-corrected chi connectivity index (χ2v) is 5.19. The molecule has 23 heavy (non-hydrogen) atoms. The van der Waals surface area contributed by atoms with Gasteiger partial charge < -0.3 is 14.8 Å². The van der Waals surface area contributed by atoms with Gasteiger partial charge in [-0.05, 0) is 6.07 Å². The number of nitrogens with zero attached hydrogens (tertiary/aromatic N) is 3. The van der Waals surface area contributed by atoms with Crippen molar-refractivity contribution in [1.82, 2.24) is 10.2 Å². The van der Waals surface area contributed by atoms with Gasteiger partial charge in [0.15, 0.2) is 11.5 Å². The largest absolute Gasteiger partial charge is 0.493 e. The monoisotopic (exact) mass is 320 g/mol. The second-order valence-electron chi connectivity index (χ2n) is 5.19. The summed E-state index contributed by atoms with van der Waals surface area (Å²) in [6, 6.07) is 4.77. The van der Waals surface area contributed by atoms with Crippen molar-refractivity contribution in [3.05, 3.63) is 27.8 Å². The van der Waals surface area contributed by atoms with Crippen molar-refractivity contribution < 1.29 is 14.4 Å². The number of nitrogens with one attached hydrogen (secondary N) is 1. The summed E-state index contributed by atoms with van der Waals surface area (Å²) in [5.74, 6) is 0.727. The highest BCUT2D eigenvalue weighted by atomic mass is 16.6. The van der Waals surface area contributed by atoms with Crippen LogP contribution in [0, 0.1) is 21.4 Å². The van der Waals surface area contributed by atoms with Crippen molar-refractivity contribution in [3.63, 3.8) is 0 Å². The van der Waals surface area contributed by atoms with Gasteiger partial charge in [-0.1, -0.05) is 0 Å². The SMILES string of the molecule is COc1cc([C@H](CC#N)N2CCNCC2)c([N+](=O)[O-])cc1OC. The standard InChI is InChI=1S/C15H20N4O4/c1-22-14-9-11(13(19(20)21)10-15(14)23-2)12(3-4-16)18-7-5-17-6-8-18/h9-10,12,17H,3,5-8H2,1-2H3/t12-/m0/s1. The number of nitriles is 1. The third-order valence-electron chi connectivity index (χ3n) is 3.97. The van der Waals surface area contributed by atoms with Crippen molar-refractivity contribution in [3.8, 4) is 17.6 Å². The number of piperazine rings is 1. The van der Waals surface area contributed by atoms with Gasteiger partial charge in [-0.3, -0.25) is 15.0 Å². The predicted octanol–water partition coefficient (Wildman–Crippen LogP) is 1.47. The Hall–Kier alpha value is -2.37. The van der Waals surface area contributed by atoms with Crippen LogP contribution < -0.4 is 14.8 Å². The molecule has 1 heterocycles. The number of nitro groups is 1. The molecule has 8 nitrogen and oxygen atoms in total. The van der Waals surface area contributed by atoms with E-state index in [2.05, 4.69) is 16.3 Å². The third kappa shape index (κ3) is 3.70. The van der Waals surface area contributed by atoms with E-state index in [4.69, 9.17) is 14.7 Å². The zero-order valence-corrected chi connectivity index (χ0v) is 13.2. The molecule has 0 spiro atoms. The Morgan fingerprint density at radius 3 is 2.48 bits per heavy atom. The van der Waals surface area contributed by atoms with Crippen LogP contribution in [0.4, 0.5) is 5.69 Å². The fourth-order valence-corrected chi connectivity index (χ4v) is 2.83. The van der Waals surface area contributed by atoms with Crippen LogP contribution in [0.2, 0.25) is 0 Å². The number of hydrogen-bond donors (Lipinski definition) is 1. The molecule has 1 saturated heterocycles. The number of rotatable bonds is 6. The predicted molar refractivity (Wildman–Crippen MR) is 83.6 cm³/mol. The van der Waals surface area contributed by atoms with E-state index in [0.29, 0.717) is 17.1 Å². The summed E-state index contributed by atoms with van der Waals surface area (Å²) in [6.07, 6.45) is 0.177. The van der Waals surface area contributed by atoms with Gasteiger partial charge in [-0.2, -0.15) is 5.26 Å². The average Bonchev–Trinajstić information content (AvgIpc) is 2.59. The molecule has 1 N–H and O–H groups in total. The van der Waals surface area contributed by atoms with Crippen molar-refractivity contribution >= 4 is 5.69 Å². The van der Waals surface area contributed by atoms with E-state index < -0.39 is 4.92 Å². The molecule has 0 aliphatic carbocycles. The Labute approximate surface area is 134 Å². The highest BCUT2D eigenvalue weighted by molar-refractivity contribution is 5.55. The number of hydrogen-bond acceptors (Lipinski definition) is 7.